The standard InChI is InChI=1S/C15H19N3O6S/c1-24-7-13(20)17-5-6-18(11-9-25(22,23)8-10(11)17)15(21)14-12(19)3-2-4-16-14/h2-4,10-11,19H,5-9H2,1H3/t10-,11+/m0/s1. The van der Waals surface area contributed by atoms with E-state index in [1.165, 1.54) is 35.2 Å². The van der Waals surface area contributed by atoms with Gasteiger partial charge >= 0.3 is 0 Å². The number of rotatable bonds is 3. The van der Waals surface area contributed by atoms with Gasteiger partial charge in [0.1, 0.15) is 12.4 Å². The number of aromatic hydroxyl groups is 1. The fourth-order valence-electron chi connectivity index (χ4n) is 3.42. The average molecular weight is 369 g/mol. The van der Waals surface area contributed by atoms with E-state index in [0.29, 0.717) is 0 Å². The van der Waals surface area contributed by atoms with Crippen LogP contribution in [-0.4, -0.2) is 90.5 Å². The monoisotopic (exact) mass is 369 g/mol. The third-order valence-corrected chi connectivity index (χ3v) is 6.21. The molecule has 1 aromatic rings. The van der Waals surface area contributed by atoms with Gasteiger partial charge in [-0.1, -0.05) is 0 Å². The second kappa shape index (κ2) is 6.60. The van der Waals surface area contributed by atoms with E-state index in [1.807, 2.05) is 0 Å². The summed E-state index contributed by atoms with van der Waals surface area (Å²) >= 11 is 0. The number of nitrogens with zero attached hydrogens (tertiary/aromatic N) is 3. The Kier molecular flexibility index (Phi) is 4.65. The number of ether oxygens (including phenoxy) is 1. The van der Waals surface area contributed by atoms with E-state index in [4.69, 9.17) is 4.74 Å². The lowest BCUT2D eigenvalue weighted by molar-refractivity contribution is -0.140. The van der Waals surface area contributed by atoms with Gasteiger partial charge in [0.2, 0.25) is 5.91 Å². The summed E-state index contributed by atoms with van der Waals surface area (Å²) in [4.78, 5) is 31.7. The number of fused-ring (bicyclic) bond motifs is 1. The van der Waals surface area contributed by atoms with Crippen LogP contribution in [0.1, 0.15) is 10.5 Å². The summed E-state index contributed by atoms with van der Waals surface area (Å²) in [6.07, 6.45) is 1.38. The minimum absolute atomic E-state index is 0.123. The molecule has 0 saturated carbocycles. The molecule has 25 heavy (non-hydrogen) atoms. The third-order valence-electron chi connectivity index (χ3n) is 4.51. The summed E-state index contributed by atoms with van der Waals surface area (Å²) in [5.74, 6) is -1.51. The van der Waals surface area contributed by atoms with Crippen molar-refractivity contribution in [1.29, 1.82) is 0 Å². The van der Waals surface area contributed by atoms with Gasteiger partial charge in [-0.05, 0) is 12.1 Å². The van der Waals surface area contributed by atoms with Gasteiger partial charge in [-0.25, -0.2) is 13.4 Å². The molecule has 2 atom stereocenters. The smallest absolute Gasteiger partial charge is 0.276 e. The van der Waals surface area contributed by atoms with Crippen LogP contribution in [-0.2, 0) is 19.4 Å². The molecule has 1 aromatic heterocycles. The predicted molar refractivity (Wildman–Crippen MR) is 86.8 cm³/mol. The normalized spacial score (nSPS) is 24.8. The Morgan fingerprint density at radius 2 is 1.92 bits per heavy atom. The second-order valence-corrected chi connectivity index (χ2v) is 8.26. The zero-order valence-electron chi connectivity index (χ0n) is 13.7. The van der Waals surface area contributed by atoms with E-state index in [2.05, 4.69) is 4.98 Å². The molecule has 2 aliphatic heterocycles. The zero-order valence-corrected chi connectivity index (χ0v) is 14.5. The topological polar surface area (TPSA) is 117 Å². The molecule has 0 spiro atoms. The van der Waals surface area contributed by atoms with Crippen molar-refractivity contribution < 1.29 is 27.9 Å². The number of sulfone groups is 1. The van der Waals surface area contributed by atoms with Gasteiger partial charge < -0.3 is 19.6 Å². The molecule has 2 aliphatic rings. The Hall–Kier alpha value is -2.20. The Bertz CT molecular complexity index is 796. The number of hydrogen-bond donors (Lipinski definition) is 1. The molecule has 3 rings (SSSR count). The third kappa shape index (κ3) is 3.31. The lowest BCUT2D eigenvalue weighted by Gasteiger charge is -2.43. The summed E-state index contributed by atoms with van der Waals surface area (Å²) in [6.45, 7) is 0.234. The number of piperazine rings is 1. The molecule has 136 valence electrons. The number of hydrogen-bond acceptors (Lipinski definition) is 7. The van der Waals surface area contributed by atoms with Crippen LogP contribution < -0.4 is 0 Å². The average Bonchev–Trinajstić information content (AvgIpc) is 2.88. The van der Waals surface area contributed by atoms with Crippen LogP contribution in [0.25, 0.3) is 0 Å². The molecule has 2 fully saturated rings. The van der Waals surface area contributed by atoms with Crippen LogP contribution in [0.2, 0.25) is 0 Å². The molecule has 0 unspecified atom stereocenters. The van der Waals surface area contributed by atoms with E-state index in [-0.39, 0.29) is 48.6 Å². The van der Waals surface area contributed by atoms with Crippen molar-refractivity contribution in [3.05, 3.63) is 24.0 Å². The fraction of sp³-hybridized carbons (Fsp3) is 0.533. The molecule has 0 radical (unpaired) electrons. The highest BCUT2D eigenvalue weighted by molar-refractivity contribution is 7.91. The molecule has 0 bridgehead atoms. The Morgan fingerprint density at radius 1 is 1.28 bits per heavy atom. The lowest BCUT2D eigenvalue weighted by atomic mass is 10.0. The first-order valence-corrected chi connectivity index (χ1v) is 9.60. The van der Waals surface area contributed by atoms with Crippen molar-refractivity contribution in [1.82, 2.24) is 14.8 Å². The molecule has 0 aromatic carbocycles. The SMILES string of the molecule is COCC(=O)N1CCN(C(=O)c2ncccc2O)[C@@H]2CS(=O)(=O)C[C@@H]21. The molecular formula is C15H19N3O6S. The van der Waals surface area contributed by atoms with Gasteiger partial charge in [0.15, 0.2) is 15.5 Å². The van der Waals surface area contributed by atoms with Crippen LogP contribution in [0.4, 0.5) is 0 Å². The Morgan fingerprint density at radius 3 is 2.56 bits per heavy atom. The highest BCUT2D eigenvalue weighted by atomic mass is 32.2. The van der Waals surface area contributed by atoms with Crippen LogP contribution in [0, 0.1) is 0 Å². The zero-order chi connectivity index (χ0) is 18.2. The Balaban J connectivity index is 1.90. The highest BCUT2D eigenvalue weighted by Gasteiger charge is 2.49. The number of carbonyl (C=O) groups is 2. The molecule has 1 N–H and O–H groups in total. The number of pyridine rings is 1. The summed E-state index contributed by atoms with van der Waals surface area (Å²) in [5.41, 5.74) is -0.123. The van der Waals surface area contributed by atoms with Crippen molar-refractivity contribution in [2.45, 2.75) is 12.1 Å². The van der Waals surface area contributed by atoms with E-state index >= 15 is 0 Å². The van der Waals surface area contributed by atoms with E-state index < -0.39 is 27.8 Å². The van der Waals surface area contributed by atoms with Gasteiger partial charge in [0.05, 0.1) is 23.6 Å². The van der Waals surface area contributed by atoms with Crippen molar-refractivity contribution >= 4 is 21.7 Å². The first-order chi connectivity index (χ1) is 11.8. The maximum atomic E-state index is 12.8. The molecular weight excluding hydrogens is 350 g/mol. The van der Waals surface area contributed by atoms with Crippen molar-refractivity contribution in [2.75, 3.05) is 38.3 Å². The van der Waals surface area contributed by atoms with Crippen molar-refractivity contribution in [2.24, 2.45) is 0 Å². The summed E-state index contributed by atoms with van der Waals surface area (Å²) in [7, 11) is -1.99. The lowest BCUT2D eigenvalue weighted by Crippen LogP contribution is -2.62. The van der Waals surface area contributed by atoms with Crippen molar-refractivity contribution in [3.8, 4) is 5.75 Å². The van der Waals surface area contributed by atoms with E-state index in [9.17, 15) is 23.1 Å². The molecule has 3 heterocycles. The molecule has 2 saturated heterocycles. The fourth-order valence-corrected chi connectivity index (χ4v) is 5.40. The van der Waals surface area contributed by atoms with Gasteiger partial charge in [-0.3, -0.25) is 9.59 Å². The number of methoxy groups -OCH3 is 1. The van der Waals surface area contributed by atoms with Gasteiger partial charge in [0.25, 0.3) is 5.91 Å². The van der Waals surface area contributed by atoms with Crippen LogP contribution in [0.15, 0.2) is 18.3 Å². The van der Waals surface area contributed by atoms with Crippen LogP contribution >= 0.6 is 0 Å². The van der Waals surface area contributed by atoms with Gasteiger partial charge in [-0.15, -0.1) is 0 Å². The van der Waals surface area contributed by atoms with Crippen LogP contribution in [0.5, 0.6) is 5.75 Å². The summed E-state index contributed by atoms with van der Waals surface area (Å²) in [5, 5.41) is 9.86. The maximum absolute atomic E-state index is 12.8. The summed E-state index contributed by atoms with van der Waals surface area (Å²) in [6, 6.07) is 1.57. The number of amides is 2. The van der Waals surface area contributed by atoms with Gasteiger partial charge in [-0.2, -0.15) is 0 Å². The number of carbonyl (C=O) groups excluding carboxylic acids is 2. The maximum Gasteiger partial charge on any atom is 0.276 e. The molecule has 9 nitrogen and oxygen atoms in total. The molecule has 0 aliphatic carbocycles. The van der Waals surface area contributed by atoms with Crippen molar-refractivity contribution in [3.63, 3.8) is 0 Å². The Labute approximate surface area is 145 Å². The predicted octanol–water partition coefficient (Wildman–Crippen LogP) is -1.12. The van der Waals surface area contributed by atoms with Crippen LogP contribution in [0.3, 0.4) is 0 Å². The minimum Gasteiger partial charge on any atom is -0.505 e. The van der Waals surface area contributed by atoms with Gasteiger partial charge in [0, 0.05) is 26.4 Å². The molecule has 10 heteroatoms. The minimum atomic E-state index is -3.38. The highest BCUT2D eigenvalue weighted by Crippen LogP contribution is 2.29. The first-order valence-electron chi connectivity index (χ1n) is 7.78. The summed E-state index contributed by atoms with van der Waals surface area (Å²) < 4.78 is 29.1. The van der Waals surface area contributed by atoms with E-state index in [0.717, 1.165) is 0 Å². The quantitative estimate of drug-likeness (QED) is 0.717. The molecule has 2 amide bonds. The second-order valence-electron chi connectivity index (χ2n) is 6.10. The first kappa shape index (κ1) is 17.6. The van der Waals surface area contributed by atoms with E-state index in [1.54, 1.807) is 0 Å². The largest absolute Gasteiger partial charge is 0.505 e. The number of aromatic nitrogens is 1.